The third-order valence-electron chi connectivity index (χ3n) is 5.47. The number of hydrogen-bond donors (Lipinski definition) is 1. The highest BCUT2D eigenvalue weighted by molar-refractivity contribution is 5.73. The van der Waals surface area contributed by atoms with Gasteiger partial charge in [0.1, 0.15) is 6.61 Å². The fraction of sp³-hybridized carbons (Fsp3) is 0.938. The van der Waals surface area contributed by atoms with Gasteiger partial charge in [-0.25, -0.2) is 0 Å². The monoisotopic (exact) mass is 283 g/mol. The van der Waals surface area contributed by atoms with Gasteiger partial charge in [0.2, 0.25) is 0 Å². The number of carbonyl (C=O) groups excluding carboxylic acids is 1. The molecule has 1 saturated heterocycles. The Hall–Kier alpha value is -0.610. The van der Waals surface area contributed by atoms with Crippen LogP contribution < -0.4 is 5.73 Å². The number of ether oxygens (including phenoxy) is 2. The molecule has 0 amide bonds. The molecule has 0 radical (unpaired) electrons. The summed E-state index contributed by atoms with van der Waals surface area (Å²) in [7, 11) is 0. The Kier molecular flexibility index (Phi) is 5.08. The number of hydrogen-bond acceptors (Lipinski definition) is 4. The van der Waals surface area contributed by atoms with Crippen molar-refractivity contribution < 1.29 is 14.3 Å². The van der Waals surface area contributed by atoms with Gasteiger partial charge in [-0.2, -0.15) is 0 Å². The lowest BCUT2D eigenvalue weighted by Gasteiger charge is -2.45. The summed E-state index contributed by atoms with van der Waals surface area (Å²) in [5, 5.41) is 0. The topological polar surface area (TPSA) is 61.6 Å². The van der Waals surface area contributed by atoms with Crippen LogP contribution in [0.1, 0.15) is 52.9 Å². The number of nitrogens with two attached hydrogens (primary N) is 1. The molecule has 0 bridgehead atoms. The van der Waals surface area contributed by atoms with Crippen LogP contribution >= 0.6 is 0 Å². The molecule has 1 aliphatic carbocycles. The third kappa shape index (κ3) is 3.34. The summed E-state index contributed by atoms with van der Waals surface area (Å²) in [6, 6.07) is 0.190. The highest BCUT2D eigenvalue weighted by Crippen LogP contribution is 2.44. The van der Waals surface area contributed by atoms with Crippen molar-refractivity contribution in [1.29, 1.82) is 0 Å². The Morgan fingerprint density at radius 3 is 2.70 bits per heavy atom. The Morgan fingerprint density at radius 2 is 2.05 bits per heavy atom. The van der Waals surface area contributed by atoms with Crippen LogP contribution in [0, 0.1) is 17.3 Å². The molecular weight excluding hydrogens is 254 g/mol. The molecule has 116 valence electrons. The molecule has 0 aromatic heterocycles. The van der Waals surface area contributed by atoms with E-state index in [1.807, 2.05) is 0 Å². The van der Waals surface area contributed by atoms with Crippen molar-refractivity contribution in [2.24, 2.45) is 23.0 Å². The van der Waals surface area contributed by atoms with Crippen LogP contribution in [-0.2, 0) is 14.3 Å². The molecule has 2 fully saturated rings. The molecule has 4 nitrogen and oxygen atoms in total. The summed E-state index contributed by atoms with van der Waals surface area (Å²) in [5.41, 5.74) is 6.04. The van der Waals surface area contributed by atoms with E-state index in [4.69, 9.17) is 15.2 Å². The summed E-state index contributed by atoms with van der Waals surface area (Å²) in [4.78, 5) is 12.4. The highest BCUT2D eigenvalue weighted by atomic mass is 16.6. The van der Waals surface area contributed by atoms with Gasteiger partial charge in [0.25, 0.3) is 0 Å². The zero-order valence-corrected chi connectivity index (χ0v) is 13.1. The van der Waals surface area contributed by atoms with Crippen LogP contribution in [0.3, 0.4) is 0 Å². The van der Waals surface area contributed by atoms with E-state index < -0.39 is 0 Å². The minimum atomic E-state index is -0.0951. The fourth-order valence-corrected chi connectivity index (χ4v) is 3.49. The Labute approximate surface area is 122 Å². The molecule has 2 rings (SSSR count). The van der Waals surface area contributed by atoms with Gasteiger partial charge in [0, 0.05) is 12.6 Å². The SMILES string of the molecule is CC1C(N)CCC(C(=O)OCC2CCCCO2)C1(C)C. The van der Waals surface area contributed by atoms with Gasteiger partial charge >= 0.3 is 5.97 Å². The number of carbonyl (C=O) groups is 1. The summed E-state index contributed by atoms with van der Waals surface area (Å²) in [5.74, 6) is 0.226. The molecule has 0 aromatic carbocycles. The smallest absolute Gasteiger partial charge is 0.309 e. The van der Waals surface area contributed by atoms with Crippen molar-refractivity contribution >= 4 is 5.97 Å². The molecule has 4 heteroatoms. The van der Waals surface area contributed by atoms with E-state index in [-0.39, 0.29) is 29.4 Å². The summed E-state index contributed by atoms with van der Waals surface area (Å²) < 4.78 is 11.1. The first-order chi connectivity index (χ1) is 9.43. The van der Waals surface area contributed by atoms with E-state index in [0.717, 1.165) is 32.3 Å². The minimum absolute atomic E-state index is 0.0408. The van der Waals surface area contributed by atoms with E-state index >= 15 is 0 Å². The van der Waals surface area contributed by atoms with Crippen molar-refractivity contribution in [3.8, 4) is 0 Å². The predicted molar refractivity (Wildman–Crippen MR) is 78.2 cm³/mol. The second kappa shape index (κ2) is 6.44. The Morgan fingerprint density at radius 1 is 1.30 bits per heavy atom. The van der Waals surface area contributed by atoms with Crippen molar-refractivity contribution in [1.82, 2.24) is 0 Å². The van der Waals surface area contributed by atoms with Gasteiger partial charge < -0.3 is 15.2 Å². The second-order valence-corrected chi connectivity index (χ2v) is 7.02. The third-order valence-corrected chi connectivity index (χ3v) is 5.47. The standard InChI is InChI=1S/C16H29NO3/c1-11-14(17)8-7-13(16(11,2)3)15(18)20-10-12-6-4-5-9-19-12/h11-14H,4-10,17H2,1-3H3. The van der Waals surface area contributed by atoms with Gasteiger partial charge in [-0.05, 0) is 43.4 Å². The zero-order chi connectivity index (χ0) is 14.8. The fourth-order valence-electron chi connectivity index (χ4n) is 3.49. The number of rotatable bonds is 3. The predicted octanol–water partition coefficient (Wildman–Crippen LogP) is 2.50. The number of esters is 1. The van der Waals surface area contributed by atoms with Crippen molar-refractivity contribution in [2.45, 2.75) is 65.0 Å². The lowest BCUT2D eigenvalue weighted by Crippen LogP contribution is -2.49. The largest absolute Gasteiger partial charge is 0.463 e. The van der Waals surface area contributed by atoms with E-state index in [0.29, 0.717) is 12.5 Å². The van der Waals surface area contributed by atoms with Crippen molar-refractivity contribution in [3.05, 3.63) is 0 Å². The van der Waals surface area contributed by atoms with E-state index in [2.05, 4.69) is 20.8 Å². The normalized spacial score (nSPS) is 37.4. The van der Waals surface area contributed by atoms with Crippen LogP contribution in [0.2, 0.25) is 0 Å². The molecule has 0 aromatic rings. The molecule has 2 aliphatic rings. The first kappa shape index (κ1) is 15.8. The first-order valence-electron chi connectivity index (χ1n) is 7.96. The lowest BCUT2D eigenvalue weighted by molar-refractivity contribution is -0.162. The Bertz CT molecular complexity index is 337. The average molecular weight is 283 g/mol. The van der Waals surface area contributed by atoms with Gasteiger partial charge in [0.15, 0.2) is 0 Å². The van der Waals surface area contributed by atoms with Gasteiger partial charge in [0.05, 0.1) is 12.0 Å². The molecule has 4 unspecified atom stereocenters. The quantitative estimate of drug-likeness (QED) is 0.808. The molecular formula is C16H29NO3. The van der Waals surface area contributed by atoms with Gasteiger partial charge in [-0.15, -0.1) is 0 Å². The lowest BCUT2D eigenvalue weighted by atomic mass is 9.61. The van der Waals surface area contributed by atoms with Crippen LogP contribution in [0.15, 0.2) is 0 Å². The van der Waals surface area contributed by atoms with E-state index in [1.54, 1.807) is 0 Å². The minimum Gasteiger partial charge on any atom is -0.463 e. The summed E-state index contributed by atoms with van der Waals surface area (Å²) >= 11 is 0. The maximum atomic E-state index is 12.4. The van der Waals surface area contributed by atoms with Crippen LogP contribution in [0.25, 0.3) is 0 Å². The molecule has 1 saturated carbocycles. The first-order valence-corrected chi connectivity index (χ1v) is 7.96. The zero-order valence-electron chi connectivity index (χ0n) is 13.1. The average Bonchev–Trinajstić information content (AvgIpc) is 2.43. The molecule has 1 heterocycles. The second-order valence-electron chi connectivity index (χ2n) is 7.02. The van der Waals surface area contributed by atoms with Gasteiger partial charge in [-0.1, -0.05) is 20.8 Å². The highest BCUT2D eigenvalue weighted by Gasteiger charge is 2.45. The maximum Gasteiger partial charge on any atom is 0.309 e. The van der Waals surface area contributed by atoms with Crippen LogP contribution in [0.5, 0.6) is 0 Å². The van der Waals surface area contributed by atoms with E-state index in [9.17, 15) is 4.79 Å². The van der Waals surface area contributed by atoms with Gasteiger partial charge in [-0.3, -0.25) is 4.79 Å². The summed E-state index contributed by atoms with van der Waals surface area (Å²) in [6.07, 6.45) is 5.13. The molecule has 1 aliphatic heterocycles. The molecule has 0 spiro atoms. The Balaban J connectivity index is 1.88. The molecule has 4 atom stereocenters. The maximum absolute atomic E-state index is 12.4. The van der Waals surface area contributed by atoms with Crippen LogP contribution in [0.4, 0.5) is 0 Å². The van der Waals surface area contributed by atoms with Crippen LogP contribution in [-0.4, -0.2) is 31.3 Å². The molecule has 2 N–H and O–H groups in total. The van der Waals surface area contributed by atoms with Crippen molar-refractivity contribution in [2.75, 3.05) is 13.2 Å². The van der Waals surface area contributed by atoms with Crippen molar-refractivity contribution in [3.63, 3.8) is 0 Å². The summed E-state index contributed by atoms with van der Waals surface area (Å²) in [6.45, 7) is 7.63. The molecule has 20 heavy (non-hydrogen) atoms. The van der Waals surface area contributed by atoms with E-state index in [1.165, 1.54) is 6.42 Å².